The third-order valence-corrected chi connectivity index (χ3v) is 4.78. The molecular weight excluding hydrogens is 316 g/mol. The molecule has 2 nitrogen and oxygen atoms in total. The molecule has 0 unspecified atom stereocenters. The molecule has 2 heteroatoms. The number of aromatic nitrogens is 1. The van der Waals surface area contributed by atoms with E-state index in [-0.39, 0.29) is 0 Å². The summed E-state index contributed by atoms with van der Waals surface area (Å²) in [6.07, 6.45) is 4.72. The Morgan fingerprint density at radius 3 is 2.31 bits per heavy atom. The van der Waals surface area contributed by atoms with Gasteiger partial charge in [-0.3, -0.25) is 4.98 Å². The molecule has 3 aromatic rings. The second-order valence-corrected chi connectivity index (χ2v) is 6.73. The van der Waals surface area contributed by atoms with Crippen molar-refractivity contribution >= 4 is 5.70 Å². The zero-order valence-corrected chi connectivity index (χ0v) is 15.7. The molecule has 0 saturated heterocycles. The van der Waals surface area contributed by atoms with E-state index in [1.54, 1.807) is 6.20 Å². The van der Waals surface area contributed by atoms with Gasteiger partial charge in [0.1, 0.15) is 0 Å². The number of fused-ring (bicyclic) bond motifs is 1. The van der Waals surface area contributed by atoms with Gasteiger partial charge in [0.2, 0.25) is 0 Å². The molecule has 2 heterocycles. The summed E-state index contributed by atoms with van der Waals surface area (Å²) in [7, 11) is 0. The molecule has 1 aliphatic rings. The Balaban J connectivity index is 0.000000236. The SMILES string of the molecule is C=C(c1ccccc1C)N1CCc2ccccc2C1.Cc1cccnc1. The summed E-state index contributed by atoms with van der Waals surface area (Å²) in [6.45, 7) is 10.5. The maximum atomic E-state index is 4.31. The van der Waals surface area contributed by atoms with Crippen molar-refractivity contribution in [2.24, 2.45) is 0 Å². The van der Waals surface area contributed by atoms with Gasteiger partial charge < -0.3 is 4.90 Å². The molecule has 0 radical (unpaired) electrons. The minimum Gasteiger partial charge on any atom is -0.367 e. The first kappa shape index (κ1) is 17.9. The van der Waals surface area contributed by atoms with E-state index in [0.29, 0.717) is 0 Å². The highest BCUT2D eigenvalue weighted by Gasteiger charge is 2.18. The molecule has 0 spiro atoms. The second-order valence-electron chi connectivity index (χ2n) is 6.73. The minimum absolute atomic E-state index is 0.976. The van der Waals surface area contributed by atoms with Crippen molar-refractivity contribution < 1.29 is 0 Å². The van der Waals surface area contributed by atoms with E-state index in [1.165, 1.54) is 27.8 Å². The first-order chi connectivity index (χ1) is 12.6. The molecule has 1 aliphatic heterocycles. The van der Waals surface area contributed by atoms with Crippen LogP contribution in [0.25, 0.3) is 5.70 Å². The predicted octanol–water partition coefficient (Wildman–Crippen LogP) is 5.41. The summed E-state index contributed by atoms with van der Waals surface area (Å²) in [5, 5.41) is 0. The van der Waals surface area contributed by atoms with E-state index in [9.17, 15) is 0 Å². The van der Waals surface area contributed by atoms with E-state index in [2.05, 4.69) is 71.9 Å². The molecule has 0 N–H and O–H groups in total. The monoisotopic (exact) mass is 342 g/mol. The molecule has 2 aromatic carbocycles. The lowest BCUT2D eigenvalue weighted by molar-refractivity contribution is 0.373. The van der Waals surface area contributed by atoms with Gasteiger partial charge in [0.25, 0.3) is 0 Å². The van der Waals surface area contributed by atoms with Gasteiger partial charge in [-0.1, -0.05) is 61.2 Å². The van der Waals surface area contributed by atoms with Crippen LogP contribution in [0.1, 0.15) is 27.8 Å². The van der Waals surface area contributed by atoms with Gasteiger partial charge in [0.15, 0.2) is 0 Å². The minimum atomic E-state index is 0.976. The molecule has 1 aromatic heterocycles. The molecule has 0 saturated carbocycles. The second kappa shape index (κ2) is 8.48. The highest BCUT2D eigenvalue weighted by Crippen LogP contribution is 2.27. The summed E-state index contributed by atoms with van der Waals surface area (Å²) in [4.78, 5) is 6.28. The number of aryl methyl sites for hydroxylation is 2. The van der Waals surface area contributed by atoms with Gasteiger partial charge in [-0.05, 0) is 48.6 Å². The summed E-state index contributed by atoms with van der Waals surface area (Å²) in [5.74, 6) is 0. The lowest BCUT2D eigenvalue weighted by Gasteiger charge is -2.32. The standard InChI is InChI=1S/C18H19N.C6H7N/c1-14-7-3-6-10-18(14)15(2)19-12-11-16-8-4-5-9-17(16)13-19;1-6-3-2-4-7-5-6/h3-10H,2,11-13H2,1H3;2-5H,1H3. The Bertz CT molecular complexity index is 868. The molecule has 0 fully saturated rings. The largest absolute Gasteiger partial charge is 0.367 e. The Morgan fingerprint density at radius 1 is 0.923 bits per heavy atom. The van der Waals surface area contributed by atoms with E-state index < -0.39 is 0 Å². The van der Waals surface area contributed by atoms with Crippen molar-refractivity contribution in [1.82, 2.24) is 9.88 Å². The Hall–Kier alpha value is -2.87. The van der Waals surface area contributed by atoms with E-state index in [1.807, 2.05) is 25.3 Å². The molecule has 26 heavy (non-hydrogen) atoms. The molecule has 4 rings (SSSR count). The van der Waals surface area contributed by atoms with Crippen LogP contribution < -0.4 is 0 Å². The smallest absolute Gasteiger partial charge is 0.0432 e. The maximum absolute atomic E-state index is 4.31. The van der Waals surface area contributed by atoms with Gasteiger partial charge in [-0.2, -0.15) is 0 Å². The Morgan fingerprint density at radius 2 is 1.65 bits per heavy atom. The summed E-state index contributed by atoms with van der Waals surface area (Å²) in [6, 6.07) is 21.2. The van der Waals surface area contributed by atoms with Crippen LogP contribution >= 0.6 is 0 Å². The fraction of sp³-hybridized carbons (Fsp3) is 0.208. The number of nitrogens with zero attached hydrogens (tertiary/aromatic N) is 2. The van der Waals surface area contributed by atoms with Crippen molar-refractivity contribution in [2.75, 3.05) is 6.54 Å². The Kier molecular flexibility index (Phi) is 5.85. The van der Waals surface area contributed by atoms with Crippen LogP contribution in [0.3, 0.4) is 0 Å². The molecule has 0 amide bonds. The van der Waals surface area contributed by atoms with Crippen molar-refractivity contribution in [2.45, 2.75) is 26.8 Å². The van der Waals surface area contributed by atoms with Crippen LogP contribution in [0.4, 0.5) is 0 Å². The van der Waals surface area contributed by atoms with Gasteiger partial charge >= 0.3 is 0 Å². The first-order valence-electron chi connectivity index (χ1n) is 9.08. The van der Waals surface area contributed by atoms with Crippen LogP contribution in [-0.2, 0) is 13.0 Å². The highest BCUT2D eigenvalue weighted by atomic mass is 15.1. The fourth-order valence-corrected chi connectivity index (χ4v) is 3.24. The molecular formula is C24H26N2. The molecule has 0 bridgehead atoms. The molecule has 0 atom stereocenters. The van der Waals surface area contributed by atoms with E-state index >= 15 is 0 Å². The predicted molar refractivity (Wildman–Crippen MR) is 110 cm³/mol. The van der Waals surface area contributed by atoms with Crippen LogP contribution in [0, 0.1) is 13.8 Å². The zero-order valence-electron chi connectivity index (χ0n) is 15.7. The van der Waals surface area contributed by atoms with Crippen molar-refractivity contribution in [1.29, 1.82) is 0 Å². The number of hydrogen-bond acceptors (Lipinski definition) is 2. The normalized spacial score (nSPS) is 12.6. The number of hydrogen-bond donors (Lipinski definition) is 0. The zero-order chi connectivity index (χ0) is 18.4. The topological polar surface area (TPSA) is 16.1 Å². The average Bonchev–Trinajstić information content (AvgIpc) is 2.68. The van der Waals surface area contributed by atoms with Crippen molar-refractivity contribution in [3.05, 3.63) is 107 Å². The number of rotatable bonds is 2. The van der Waals surface area contributed by atoms with Crippen molar-refractivity contribution in [3.8, 4) is 0 Å². The average molecular weight is 342 g/mol. The summed E-state index contributed by atoms with van der Waals surface area (Å²) >= 11 is 0. The lowest BCUT2D eigenvalue weighted by atomic mass is 9.98. The Labute approximate surface area is 156 Å². The van der Waals surface area contributed by atoms with Crippen LogP contribution in [0.15, 0.2) is 79.6 Å². The van der Waals surface area contributed by atoms with Gasteiger partial charge in [0.05, 0.1) is 0 Å². The third kappa shape index (κ3) is 4.40. The number of benzene rings is 2. The number of pyridine rings is 1. The van der Waals surface area contributed by atoms with Crippen LogP contribution in [-0.4, -0.2) is 16.4 Å². The first-order valence-corrected chi connectivity index (χ1v) is 9.08. The van der Waals surface area contributed by atoms with Crippen LogP contribution in [0.2, 0.25) is 0 Å². The molecule has 132 valence electrons. The van der Waals surface area contributed by atoms with Gasteiger partial charge in [-0.15, -0.1) is 0 Å². The van der Waals surface area contributed by atoms with Crippen molar-refractivity contribution in [3.63, 3.8) is 0 Å². The quantitative estimate of drug-likeness (QED) is 0.619. The summed E-state index contributed by atoms with van der Waals surface area (Å²) in [5.41, 5.74) is 7.84. The molecule has 0 aliphatic carbocycles. The van der Waals surface area contributed by atoms with E-state index in [4.69, 9.17) is 0 Å². The summed E-state index contributed by atoms with van der Waals surface area (Å²) < 4.78 is 0. The van der Waals surface area contributed by atoms with Gasteiger partial charge in [0, 0.05) is 36.7 Å². The van der Waals surface area contributed by atoms with Gasteiger partial charge in [-0.25, -0.2) is 0 Å². The fourth-order valence-electron chi connectivity index (χ4n) is 3.24. The highest BCUT2D eigenvalue weighted by molar-refractivity contribution is 5.65. The van der Waals surface area contributed by atoms with Crippen LogP contribution in [0.5, 0.6) is 0 Å². The maximum Gasteiger partial charge on any atom is 0.0432 e. The third-order valence-electron chi connectivity index (χ3n) is 4.78. The van der Waals surface area contributed by atoms with E-state index in [0.717, 1.165) is 25.2 Å². The lowest BCUT2D eigenvalue weighted by Crippen LogP contribution is -2.29.